The minimum atomic E-state index is -0.000275. The maximum Gasteiger partial charge on any atom is 0.223 e. The van der Waals surface area contributed by atoms with Crippen LogP contribution in [0.1, 0.15) is 13.3 Å². The molecule has 0 saturated heterocycles. The fourth-order valence-corrected chi connectivity index (χ4v) is 0.610. The molecule has 0 bridgehead atoms. The summed E-state index contributed by atoms with van der Waals surface area (Å²) < 4.78 is 5.02. The van der Waals surface area contributed by atoms with Crippen molar-refractivity contribution in [2.75, 3.05) is 19.8 Å². The molecule has 0 aliphatic rings. The summed E-state index contributed by atoms with van der Waals surface area (Å²) in [6, 6.07) is 0. The summed E-state index contributed by atoms with van der Waals surface area (Å²) in [7, 11) is 0. The maximum atomic E-state index is 10.8. The van der Waals surface area contributed by atoms with Crippen LogP contribution in [0.3, 0.4) is 0 Å². The fourth-order valence-electron chi connectivity index (χ4n) is 0.610. The molecular weight excluding hydrogens is 142 g/mol. The van der Waals surface area contributed by atoms with Gasteiger partial charge in [0.1, 0.15) is 0 Å². The van der Waals surface area contributed by atoms with Crippen molar-refractivity contribution in [2.24, 2.45) is 0 Å². The third-order valence-electron chi connectivity index (χ3n) is 1.10. The second-order valence-electron chi connectivity index (χ2n) is 2.04. The lowest BCUT2D eigenvalue weighted by Crippen LogP contribution is -2.26. The zero-order valence-corrected chi connectivity index (χ0v) is 6.93. The molecule has 0 radical (unpaired) electrons. The Labute approximate surface area is 67.4 Å². The van der Waals surface area contributed by atoms with E-state index in [1.165, 1.54) is 0 Å². The van der Waals surface area contributed by atoms with E-state index in [9.17, 15) is 4.79 Å². The zero-order valence-electron chi connectivity index (χ0n) is 6.93. The maximum absolute atomic E-state index is 10.8. The summed E-state index contributed by atoms with van der Waals surface area (Å²) in [6.45, 7) is 7.23. The Hall–Kier alpha value is -0.830. The van der Waals surface area contributed by atoms with E-state index >= 15 is 0 Å². The molecule has 3 nitrogen and oxygen atoms in total. The highest BCUT2D eigenvalue weighted by Gasteiger charge is 1.94. The van der Waals surface area contributed by atoms with Crippen molar-refractivity contribution >= 4 is 5.91 Å². The first-order valence-electron chi connectivity index (χ1n) is 3.76. The third-order valence-corrected chi connectivity index (χ3v) is 1.10. The molecule has 0 spiro atoms. The van der Waals surface area contributed by atoms with Gasteiger partial charge in [0.05, 0.1) is 6.61 Å². The van der Waals surface area contributed by atoms with E-state index in [1.807, 2.05) is 6.92 Å². The molecule has 0 aromatic rings. The van der Waals surface area contributed by atoms with Crippen molar-refractivity contribution in [1.29, 1.82) is 0 Å². The number of nitrogens with one attached hydrogen (secondary N) is 1. The second-order valence-corrected chi connectivity index (χ2v) is 2.04. The summed E-state index contributed by atoms with van der Waals surface area (Å²) in [5.74, 6) is -0.000275. The van der Waals surface area contributed by atoms with Gasteiger partial charge in [0, 0.05) is 19.6 Å². The van der Waals surface area contributed by atoms with Crippen LogP contribution >= 0.6 is 0 Å². The van der Waals surface area contributed by atoms with Crippen LogP contribution < -0.4 is 5.32 Å². The normalized spacial score (nSPS) is 9.18. The number of carbonyl (C=O) groups excluding carboxylic acids is 1. The van der Waals surface area contributed by atoms with E-state index in [4.69, 9.17) is 4.74 Å². The molecule has 0 rings (SSSR count). The van der Waals surface area contributed by atoms with Gasteiger partial charge in [-0.2, -0.15) is 0 Å². The molecule has 0 aromatic heterocycles. The van der Waals surface area contributed by atoms with Crippen LogP contribution in [0.25, 0.3) is 0 Å². The molecule has 0 aliphatic heterocycles. The Kier molecular flexibility index (Phi) is 6.73. The lowest BCUT2D eigenvalue weighted by atomic mass is 10.4. The standard InChI is InChI=1S/C8H15NO2/c1-3-5-8(10)9-6-7-11-4-2/h3H,1,4-7H2,2H3,(H,9,10). The summed E-state index contributed by atoms with van der Waals surface area (Å²) in [6.07, 6.45) is 1.96. The quantitative estimate of drug-likeness (QED) is 0.455. The first-order valence-corrected chi connectivity index (χ1v) is 3.76. The number of hydrogen-bond donors (Lipinski definition) is 1. The molecule has 64 valence electrons. The number of carbonyl (C=O) groups is 1. The van der Waals surface area contributed by atoms with E-state index in [0.29, 0.717) is 26.2 Å². The van der Waals surface area contributed by atoms with Crippen molar-refractivity contribution in [3.8, 4) is 0 Å². The average Bonchev–Trinajstić information content (AvgIpc) is 1.99. The van der Waals surface area contributed by atoms with E-state index in [0.717, 1.165) is 0 Å². The number of rotatable bonds is 6. The van der Waals surface area contributed by atoms with Crippen LogP contribution in [0.2, 0.25) is 0 Å². The lowest BCUT2D eigenvalue weighted by Gasteiger charge is -2.02. The summed E-state index contributed by atoms with van der Waals surface area (Å²) in [5, 5.41) is 2.68. The highest BCUT2D eigenvalue weighted by Crippen LogP contribution is 1.78. The van der Waals surface area contributed by atoms with Gasteiger partial charge in [0.15, 0.2) is 0 Å². The molecule has 0 heterocycles. The van der Waals surface area contributed by atoms with Gasteiger partial charge < -0.3 is 10.1 Å². The topological polar surface area (TPSA) is 38.3 Å². The third kappa shape index (κ3) is 7.06. The molecule has 3 heteroatoms. The molecule has 1 amide bonds. The molecule has 0 aromatic carbocycles. The smallest absolute Gasteiger partial charge is 0.223 e. The summed E-state index contributed by atoms with van der Waals surface area (Å²) >= 11 is 0. The largest absolute Gasteiger partial charge is 0.380 e. The summed E-state index contributed by atoms with van der Waals surface area (Å²) in [5.41, 5.74) is 0. The Balaban J connectivity index is 3.10. The highest BCUT2D eigenvalue weighted by molar-refractivity contribution is 5.77. The van der Waals surface area contributed by atoms with Crippen LogP contribution in [-0.2, 0) is 9.53 Å². The molecule has 0 unspecified atom stereocenters. The van der Waals surface area contributed by atoms with Crippen molar-refractivity contribution < 1.29 is 9.53 Å². The van der Waals surface area contributed by atoms with E-state index < -0.39 is 0 Å². The molecule has 11 heavy (non-hydrogen) atoms. The Morgan fingerprint density at radius 3 is 3.00 bits per heavy atom. The van der Waals surface area contributed by atoms with Gasteiger partial charge in [0.2, 0.25) is 5.91 Å². The lowest BCUT2D eigenvalue weighted by molar-refractivity contribution is -0.120. The van der Waals surface area contributed by atoms with Crippen LogP contribution in [0.5, 0.6) is 0 Å². The molecule has 0 aliphatic carbocycles. The first-order chi connectivity index (χ1) is 5.31. The molecule has 0 saturated carbocycles. The Bertz CT molecular complexity index is 123. The molecule has 0 fully saturated rings. The fraction of sp³-hybridized carbons (Fsp3) is 0.625. The van der Waals surface area contributed by atoms with E-state index in [1.54, 1.807) is 6.08 Å². The van der Waals surface area contributed by atoms with Crippen LogP contribution in [0.15, 0.2) is 12.7 Å². The van der Waals surface area contributed by atoms with Gasteiger partial charge in [0.25, 0.3) is 0 Å². The van der Waals surface area contributed by atoms with E-state index in [2.05, 4.69) is 11.9 Å². The van der Waals surface area contributed by atoms with Crippen molar-refractivity contribution in [3.05, 3.63) is 12.7 Å². The Morgan fingerprint density at radius 2 is 2.45 bits per heavy atom. The highest BCUT2D eigenvalue weighted by atomic mass is 16.5. The van der Waals surface area contributed by atoms with E-state index in [-0.39, 0.29) is 5.91 Å². The number of amides is 1. The van der Waals surface area contributed by atoms with Gasteiger partial charge in [-0.3, -0.25) is 4.79 Å². The van der Waals surface area contributed by atoms with Gasteiger partial charge in [-0.1, -0.05) is 6.08 Å². The van der Waals surface area contributed by atoms with Crippen molar-refractivity contribution in [1.82, 2.24) is 5.32 Å². The van der Waals surface area contributed by atoms with Gasteiger partial charge >= 0.3 is 0 Å². The number of ether oxygens (including phenoxy) is 1. The van der Waals surface area contributed by atoms with Crippen LogP contribution in [0.4, 0.5) is 0 Å². The minimum Gasteiger partial charge on any atom is -0.380 e. The monoisotopic (exact) mass is 157 g/mol. The summed E-state index contributed by atoms with van der Waals surface area (Å²) in [4.78, 5) is 10.8. The SMILES string of the molecule is C=CCC(=O)NCCOCC. The zero-order chi connectivity index (χ0) is 8.53. The van der Waals surface area contributed by atoms with Crippen LogP contribution in [-0.4, -0.2) is 25.7 Å². The molecular formula is C8H15NO2. The second kappa shape index (κ2) is 7.28. The predicted molar refractivity (Wildman–Crippen MR) is 44.3 cm³/mol. The van der Waals surface area contributed by atoms with Gasteiger partial charge in [-0.15, -0.1) is 6.58 Å². The average molecular weight is 157 g/mol. The van der Waals surface area contributed by atoms with Gasteiger partial charge in [-0.05, 0) is 6.92 Å². The van der Waals surface area contributed by atoms with Gasteiger partial charge in [-0.25, -0.2) is 0 Å². The van der Waals surface area contributed by atoms with Crippen molar-refractivity contribution in [3.63, 3.8) is 0 Å². The number of hydrogen-bond acceptors (Lipinski definition) is 2. The molecule has 0 atom stereocenters. The minimum absolute atomic E-state index is 0.000275. The van der Waals surface area contributed by atoms with Crippen LogP contribution in [0, 0.1) is 0 Å². The first kappa shape index (κ1) is 10.2. The van der Waals surface area contributed by atoms with Crippen molar-refractivity contribution in [2.45, 2.75) is 13.3 Å². The predicted octanol–water partition coefficient (Wildman–Crippen LogP) is 0.715. The molecule has 1 N–H and O–H groups in total. The Morgan fingerprint density at radius 1 is 1.73 bits per heavy atom.